The SMILES string of the molecule is O=C(NCc1nc(-c2ccccc2)cs1)c1ccc(C(=O)C(F)(F)F)s1. The Morgan fingerprint density at radius 2 is 1.73 bits per heavy atom. The summed E-state index contributed by atoms with van der Waals surface area (Å²) in [6.07, 6.45) is -4.95. The van der Waals surface area contributed by atoms with Crippen LogP contribution in [0.25, 0.3) is 11.3 Å². The average Bonchev–Trinajstić information content (AvgIpc) is 3.28. The number of rotatable bonds is 5. The number of hydrogen-bond donors (Lipinski definition) is 1. The first-order chi connectivity index (χ1) is 12.3. The van der Waals surface area contributed by atoms with Gasteiger partial charge in [-0.1, -0.05) is 30.3 Å². The number of carbonyl (C=O) groups is 2. The molecule has 3 rings (SSSR count). The van der Waals surface area contributed by atoms with Gasteiger partial charge in [-0.3, -0.25) is 9.59 Å². The van der Waals surface area contributed by atoms with Crippen molar-refractivity contribution >= 4 is 34.4 Å². The number of nitrogens with zero attached hydrogens (tertiary/aromatic N) is 1. The van der Waals surface area contributed by atoms with Gasteiger partial charge in [0.15, 0.2) is 0 Å². The number of amides is 1. The molecule has 134 valence electrons. The summed E-state index contributed by atoms with van der Waals surface area (Å²) in [6, 6.07) is 11.7. The summed E-state index contributed by atoms with van der Waals surface area (Å²) < 4.78 is 37.2. The van der Waals surface area contributed by atoms with Gasteiger partial charge in [0, 0.05) is 10.9 Å². The van der Waals surface area contributed by atoms with Crippen molar-refractivity contribution in [3.8, 4) is 11.3 Å². The molecule has 0 saturated heterocycles. The summed E-state index contributed by atoms with van der Waals surface area (Å²) in [6.45, 7) is 0.150. The Balaban J connectivity index is 1.62. The van der Waals surface area contributed by atoms with Gasteiger partial charge in [-0.05, 0) is 12.1 Å². The second kappa shape index (κ2) is 7.38. The molecule has 0 bridgehead atoms. The number of Topliss-reactive ketones (excluding diaryl/α,β-unsaturated/α-hetero) is 1. The number of benzene rings is 1. The zero-order valence-corrected chi connectivity index (χ0v) is 14.7. The number of thiazole rings is 1. The topological polar surface area (TPSA) is 59.1 Å². The molecule has 26 heavy (non-hydrogen) atoms. The maximum atomic E-state index is 12.4. The second-order valence-electron chi connectivity index (χ2n) is 5.17. The molecule has 0 fully saturated rings. The molecule has 0 aliphatic heterocycles. The Hall–Kier alpha value is -2.52. The van der Waals surface area contributed by atoms with Crippen LogP contribution >= 0.6 is 22.7 Å². The standard InChI is InChI=1S/C17H11F3N2O2S2/c18-17(19,20)15(23)12-6-7-13(26-12)16(24)21-8-14-22-11(9-25-14)10-4-2-1-3-5-10/h1-7,9H,8H2,(H,21,24). The van der Waals surface area contributed by atoms with Gasteiger partial charge in [0.1, 0.15) is 5.01 Å². The smallest absolute Gasteiger partial charge is 0.345 e. The van der Waals surface area contributed by atoms with Crippen LogP contribution in [0, 0.1) is 0 Å². The normalized spacial score (nSPS) is 11.3. The van der Waals surface area contributed by atoms with Crippen LogP contribution in [-0.4, -0.2) is 22.9 Å². The highest BCUT2D eigenvalue weighted by atomic mass is 32.1. The molecule has 0 saturated carbocycles. The van der Waals surface area contributed by atoms with Crippen LogP contribution in [0.1, 0.15) is 24.4 Å². The first-order valence-electron chi connectivity index (χ1n) is 7.34. The van der Waals surface area contributed by atoms with E-state index in [4.69, 9.17) is 0 Å². The van der Waals surface area contributed by atoms with Gasteiger partial charge in [-0.2, -0.15) is 13.2 Å². The summed E-state index contributed by atoms with van der Waals surface area (Å²) in [5, 5.41) is 5.13. The van der Waals surface area contributed by atoms with Crippen LogP contribution in [0.4, 0.5) is 13.2 Å². The Bertz CT molecular complexity index is 933. The summed E-state index contributed by atoms with van der Waals surface area (Å²) in [5.41, 5.74) is 1.74. The zero-order chi connectivity index (χ0) is 18.7. The van der Waals surface area contributed by atoms with Gasteiger partial charge in [0.25, 0.3) is 11.7 Å². The quantitative estimate of drug-likeness (QED) is 0.644. The van der Waals surface area contributed by atoms with E-state index >= 15 is 0 Å². The molecule has 2 heterocycles. The molecule has 0 unspecified atom stereocenters. The molecule has 4 nitrogen and oxygen atoms in total. The summed E-state index contributed by atoms with van der Waals surface area (Å²) in [5.74, 6) is -2.50. The number of halogens is 3. The molecule has 1 aromatic carbocycles. The second-order valence-corrected chi connectivity index (χ2v) is 7.19. The largest absolute Gasteiger partial charge is 0.455 e. The molecule has 0 spiro atoms. The van der Waals surface area contributed by atoms with Crippen molar-refractivity contribution in [2.75, 3.05) is 0 Å². The minimum Gasteiger partial charge on any atom is -0.345 e. The third-order valence-corrected chi connectivity index (χ3v) is 5.26. The van der Waals surface area contributed by atoms with E-state index in [1.54, 1.807) is 0 Å². The zero-order valence-electron chi connectivity index (χ0n) is 13.0. The fourth-order valence-corrected chi connectivity index (χ4v) is 3.72. The number of carbonyl (C=O) groups excluding carboxylic acids is 2. The van der Waals surface area contributed by atoms with E-state index < -0.39 is 22.7 Å². The maximum absolute atomic E-state index is 12.4. The first-order valence-corrected chi connectivity index (χ1v) is 9.03. The van der Waals surface area contributed by atoms with Crippen LogP contribution in [0.3, 0.4) is 0 Å². The van der Waals surface area contributed by atoms with E-state index in [9.17, 15) is 22.8 Å². The lowest BCUT2D eigenvalue weighted by Crippen LogP contribution is -2.22. The van der Waals surface area contributed by atoms with Gasteiger partial charge in [0.2, 0.25) is 0 Å². The predicted octanol–water partition coefficient (Wildman–Crippen LogP) is 4.55. The summed E-state index contributed by atoms with van der Waals surface area (Å²) in [4.78, 5) is 27.2. The van der Waals surface area contributed by atoms with Crippen molar-refractivity contribution in [1.82, 2.24) is 10.3 Å². The van der Waals surface area contributed by atoms with Gasteiger partial charge in [0.05, 0.1) is 22.0 Å². The van der Waals surface area contributed by atoms with Gasteiger partial charge < -0.3 is 5.32 Å². The minimum absolute atomic E-state index is 0.0393. The van der Waals surface area contributed by atoms with Crippen molar-refractivity contribution in [2.24, 2.45) is 0 Å². The van der Waals surface area contributed by atoms with E-state index in [-0.39, 0.29) is 11.4 Å². The highest BCUT2D eigenvalue weighted by Gasteiger charge is 2.40. The van der Waals surface area contributed by atoms with E-state index in [0.29, 0.717) is 16.3 Å². The first kappa shape index (κ1) is 18.3. The highest BCUT2D eigenvalue weighted by Crippen LogP contribution is 2.26. The fraction of sp³-hybridized carbons (Fsp3) is 0.118. The summed E-state index contributed by atoms with van der Waals surface area (Å²) >= 11 is 1.88. The van der Waals surface area contributed by atoms with Crippen LogP contribution in [0.2, 0.25) is 0 Å². The number of aromatic nitrogens is 1. The molecule has 0 atom stereocenters. The highest BCUT2D eigenvalue weighted by molar-refractivity contribution is 7.16. The van der Waals surface area contributed by atoms with Crippen LogP contribution in [0.15, 0.2) is 47.8 Å². The predicted molar refractivity (Wildman–Crippen MR) is 93.4 cm³/mol. The molecular formula is C17H11F3N2O2S2. The molecule has 0 aliphatic rings. The molecular weight excluding hydrogens is 385 g/mol. The Morgan fingerprint density at radius 1 is 1.04 bits per heavy atom. The van der Waals surface area contributed by atoms with Crippen molar-refractivity contribution in [1.29, 1.82) is 0 Å². The van der Waals surface area contributed by atoms with Crippen LogP contribution in [0.5, 0.6) is 0 Å². The number of ketones is 1. The van der Waals surface area contributed by atoms with E-state index in [0.717, 1.165) is 17.3 Å². The van der Waals surface area contributed by atoms with E-state index in [2.05, 4.69) is 10.3 Å². The van der Waals surface area contributed by atoms with E-state index in [1.165, 1.54) is 17.4 Å². The Morgan fingerprint density at radius 3 is 2.42 bits per heavy atom. The van der Waals surface area contributed by atoms with Gasteiger partial charge >= 0.3 is 6.18 Å². The Labute approximate surface area is 154 Å². The van der Waals surface area contributed by atoms with Crippen molar-refractivity contribution < 1.29 is 22.8 Å². The number of alkyl halides is 3. The number of nitrogens with one attached hydrogen (secondary N) is 1. The molecule has 0 aliphatic carbocycles. The third-order valence-electron chi connectivity index (χ3n) is 3.33. The van der Waals surface area contributed by atoms with Crippen LogP contribution in [-0.2, 0) is 6.54 Å². The number of hydrogen-bond acceptors (Lipinski definition) is 5. The molecule has 1 amide bonds. The average molecular weight is 396 g/mol. The maximum Gasteiger partial charge on any atom is 0.455 e. The van der Waals surface area contributed by atoms with Crippen molar-refractivity contribution in [2.45, 2.75) is 12.7 Å². The monoisotopic (exact) mass is 396 g/mol. The summed E-state index contributed by atoms with van der Waals surface area (Å²) in [7, 11) is 0. The molecule has 3 aromatic rings. The van der Waals surface area contributed by atoms with Crippen LogP contribution < -0.4 is 5.32 Å². The lowest BCUT2D eigenvalue weighted by Gasteiger charge is -2.02. The molecule has 9 heteroatoms. The van der Waals surface area contributed by atoms with Crippen molar-refractivity contribution in [3.63, 3.8) is 0 Å². The van der Waals surface area contributed by atoms with E-state index in [1.807, 2.05) is 35.7 Å². The minimum atomic E-state index is -4.95. The molecule has 1 N–H and O–H groups in total. The molecule has 2 aromatic heterocycles. The lowest BCUT2D eigenvalue weighted by atomic mass is 10.2. The Kier molecular flexibility index (Phi) is 5.19. The number of thiophene rings is 1. The third kappa shape index (κ3) is 4.17. The molecule has 0 radical (unpaired) electrons. The van der Waals surface area contributed by atoms with Gasteiger partial charge in [-0.25, -0.2) is 4.98 Å². The van der Waals surface area contributed by atoms with Crippen molar-refractivity contribution in [3.05, 3.63) is 62.6 Å². The fourth-order valence-electron chi connectivity index (χ4n) is 2.10. The lowest BCUT2D eigenvalue weighted by molar-refractivity contribution is -0.0882. The van der Waals surface area contributed by atoms with Gasteiger partial charge in [-0.15, -0.1) is 22.7 Å².